The molecule has 0 saturated heterocycles. The smallest absolute Gasteiger partial charge is 0.255 e. The van der Waals surface area contributed by atoms with Crippen molar-refractivity contribution in [3.8, 4) is 5.75 Å². The molecule has 1 aliphatic carbocycles. The number of nitrogens with one attached hydrogen (secondary N) is 1. The first-order valence-electron chi connectivity index (χ1n) is 10.2. The molecule has 0 heterocycles. The van der Waals surface area contributed by atoms with Crippen LogP contribution in [0.4, 0.5) is 5.69 Å². The van der Waals surface area contributed by atoms with Crippen molar-refractivity contribution in [2.45, 2.75) is 37.4 Å². The Morgan fingerprint density at radius 2 is 2.00 bits per heavy atom. The van der Waals surface area contributed by atoms with Crippen LogP contribution in [-0.4, -0.2) is 25.3 Å². The maximum Gasteiger partial charge on any atom is 0.255 e. The lowest BCUT2D eigenvalue weighted by molar-refractivity contribution is 0.0953. The summed E-state index contributed by atoms with van der Waals surface area (Å²) >= 11 is 8.13. The Morgan fingerprint density at radius 3 is 2.76 bits per heavy atom. The van der Waals surface area contributed by atoms with Gasteiger partial charge >= 0.3 is 0 Å². The van der Waals surface area contributed by atoms with E-state index in [0.717, 1.165) is 22.0 Å². The number of hydrogen-bond donors (Lipinski definition) is 2. The second-order valence-electron chi connectivity index (χ2n) is 7.42. The van der Waals surface area contributed by atoms with Gasteiger partial charge in [0.05, 0.1) is 12.7 Å². The molecule has 1 atom stereocenters. The van der Waals surface area contributed by atoms with Crippen LogP contribution < -0.4 is 15.8 Å². The number of thioether (sulfide) groups is 1. The van der Waals surface area contributed by atoms with E-state index >= 15 is 0 Å². The molecule has 29 heavy (non-hydrogen) atoms. The minimum Gasteiger partial charge on any atom is -0.496 e. The highest BCUT2D eigenvalue weighted by Gasteiger charge is 2.27. The van der Waals surface area contributed by atoms with Crippen LogP contribution in [0.25, 0.3) is 0 Å². The number of benzene rings is 2. The van der Waals surface area contributed by atoms with E-state index in [-0.39, 0.29) is 5.91 Å². The first-order chi connectivity index (χ1) is 14.1. The molecule has 2 aromatic rings. The molecular weight excluding hydrogens is 404 g/mol. The minimum absolute atomic E-state index is 0.112. The van der Waals surface area contributed by atoms with Crippen LogP contribution in [0.1, 0.15) is 53.3 Å². The fraction of sp³-hybridized carbons (Fsp3) is 0.435. The first-order valence-corrected chi connectivity index (χ1v) is 11.6. The summed E-state index contributed by atoms with van der Waals surface area (Å²) in [5.74, 6) is 1.89. The van der Waals surface area contributed by atoms with E-state index in [9.17, 15) is 4.79 Å². The van der Waals surface area contributed by atoms with E-state index in [1.54, 1.807) is 19.2 Å². The number of amides is 1. The largest absolute Gasteiger partial charge is 0.496 e. The highest BCUT2D eigenvalue weighted by atomic mass is 35.5. The summed E-state index contributed by atoms with van der Waals surface area (Å²) in [5.41, 5.74) is 8.79. The molecule has 1 fully saturated rings. The van der Waals surface area contributed by atoms with Crippen LogP contribution >= 0.6 is 23.4 Å². The average Bonchev–Trinajstić information content (AvgIpc) is 2.76. The number of carbonyl (C=O) groups excluding carboxylic acids is 1. The van der Waals surface area contributed by atoms with Crippen LogP contribution in [0.3, 0.4) is 0 Å². The zero-order chi connectivity index (χ0) is 20.6. The van der Waals surface area contributed by atoms with Crippen LogP contribution in [0.5, 0.6) is 5.75 Å². The van der Waals surface area contributed by atoms with Crippen LogP contribution in [-0.2, 0) is 0 Å². The van der Waals surface area contributed by atoms with Gasteiger partial charge in [-0.1, -0.05) is 43.0 Å². The Hall–Kier alpha value is -1.85. The highest BCUT2D eigenvalue weighted by molar-refractivity contribution is 7.99. The number of anilines is 1. The van der Waals surface area contributed by atoms with Crippen molar-refractivity contribution < 1.29 is 9.53 Å². The first kappa shape index (κ1) is 21.8. The number of hydrogen-bond acceptors (Lipinski definition) is 4. The van der Waals surface area contributed by atoms with Crippen LogP contribution in [0, 0.1) is 5.92 Å². The van der Waals surface area contributed by atoms with Gasteiger partial charge < -0.3 is 15.8 Å². The molecule has 1 saturated carbocycles. The van der Waals surface area contributed by atoms with Crippen molar-refractivity contribution >= 4 is 35.0 Å². The molecule has 1 aliphatic rings. The van der Waals surface area contributed by atoms with E-state index < -0.39 is 0 Å². The zero-order valence-electron chi connectivity index (χ0n) is 16.8. The van der Waals surface area contributed by atoms with Gasteiger partial charge in [-0.05, 0) is 54.7 Å². The van der Waals surface area contributed by atoms with Crippen molar-refractivity contribution in [3.63, 3.8) is 0 Å². The molecule has 1 amide bonds. The topological polar surface area (TPSA) is 64.3 Å². The van der Waals surface area contributed by atoms with E-state index in [0.29, 0.717) is 29.0 Å². The summed E-state index contributed by atoms with van der Waals surface area (Å²) < 4.78 is 5.28. The molecule has 0 bridgehead atoms. The van der Waals surface area contributed by atoms with Gasteiger partial charge in [0.15, 0.2) is 0 Å². The molecule has 0 aliphatic heterocycles. The van der Waals surface area contributed by atoms with E-state index in [1.165, 1.54) is 32.1 Å². The fourth-order valence-electron chi connectivity index (χ4n) is 3.99. The van der Waals surface area contributed by atoms with Gasteiger partial charge in [0.2, 0.25) is 0 Å². The van der Waals surface area contributed by atoms with E-state index in [2.05, 4.69) is 5.32 Å². The van der Waals surface area contributed by atoms with Crippen LogP contribution in [0.2, 0.25) is 5.02 Å². The normalized spacial score (nSPS) is 15.7. The van der Waals surface area contributed by atoms with Gasteiger partial charge in [-0.2, -0.15) is 11.8 Å². The van der Waals surface area contributed by atoms with Crippen molar-refractivity contribution in [2.24, 2.45) is 5.92 Å². The number of methoxy groups -OCH3 is 1. The molecule has 4 nitrogen and oxygen atoms in total. The summed E-state index contributed by atoms with van der Waals surface area (Å²) in [5, 5.41) is 4.04. The number of rotatable bonds is 8. The third-order valence-electron chi connectivity index (χ3n) is 5.47. The van der Waals surface area contributed by atoms with Gasteiger partial charge in [0.25, 0.3) is 5.91 Å². The minimum atomic E-state index is -0.112. The van der Waals surface area contributed by atoms with E-state index in [4.69, 9.17) is 22.1 Å². The highest BCUT2D eigenvalue weighted by Crippen LogP contribution is 2.45. The van der Waals surface area contributed by atoms with Crippen molar-refractivity contribution in [1.29, 1.82) is 0 Å². The van der Waals surface area contributed by atoms with Crippen molar-refractivity contribution in [2.75, 3.05) is 25.1 Å². The third kappa shape index (κ3) is 5.83. The quantitative estimate of drug-likeness (QED) is 0.414. The second kappa shape index (κ2) is 10.8. The average molecular weight is 433 g/mol. The Morgan fingerprint density at radius 1 is 1.24 bits per heavy atom. The predicted molar refractivity (Wildman–Crippen MR) is 123 cm³/mol. The van der Waals surface area contributed by atoms with Crippen molar-refractivity contribution in [1.82, 2.24) is 5.32 Å². The number of halogens is 1. The molecule has 0 radical (unpaired) electrons. The number of ether oxygens (including phenoxy) is 1. The van der Waals surface area contributed by atoms with Crippen molar-refractivity contribution in [3.05, 3.63) is 58.6 Å². The van der Waals surface area contributed by atoms with E-state index in [1.807, 2.05) is 42.1 Å². The maximum atomic E-state index is 12.5. The summed E-state index contributed by atoms with van der Waals surface area (Å²) in [6, 6.07) is 13.0. The number of para-hydroxylation sites is 1. The van der Waals surface area contributed by atoms with Gasteiger partial charge in [-0.15, -0.1) is 0 Å². The Kier molecular flexibility index (Phi) is 8.13. The molecule has 0 aromatic heterocycles. The number of carbonyl (C=O) groups is 1. The number of nitrogen functional groups attached to an aromatic ring is 1. The molecule has 0 spiro atoms. The summed E-state index contributed by atoms with van der Waals surface area (Å²) in [7, 11) is 1.58. The SMILES string of the molecule is COc1ccccc1C(=O)NCCSC(c1cc(Cl)ccc1N)C1CCCCC1. The molecular formula is C23H29ClN2O2S. The zero-order valence-corrected chi connectivity index (χ0v) is 18.4. The van der Waals surface area contributed by atoms with Crippen LogP contribution in [0.15, 0.2) is 42.5 Å². The number of nitrogens with two attached hydrogens (primary N) is 1. The standard InChI is InChI=1S/C23H29ClN2O2S/c1-28-21-10-6-5-9-18(21)23(27)26-13-14-29-22(16-7-3-2-4-8-16)19-15-17(24)11-12-20(19)25/h5-6,9-12,15-16,22H,2-4,7-8,13-14,25H2,1H3,(H,26,27). The molecule has 156 valence electrons. The Labute approximate surface area is 182 Å². The summed E-state index contributed by atoms with van der Waals surface area (Å²) in [6.07, 6.45) is 6.29. The predicted octanol–water partition coefficient (Wildman–Crippen LogP) is 5.72. The lowest BCUT2D eigenvalue weighted by atomic mass is 9.84. The molecule has 3 rings (SSSR count). The van der Waals surface area contributed by atoms with Gasteiger partial charge in [-0.25, -0.2) is 0 Å². The molecule has 6 heteroatoms. The molecule has 3 N–H and O–H groups in total. The van der Waals surface area contributed by atoms with Gasteiger partial charge in [0.1, 0.15) is 5.75 Å². The summed E-state index contributed by atoms with van der Waals surface area (Å²) in [4.78, 5) is 12.5. The second-order valence-corrected chi connectivity index (χ2v) is 9.10. The maximum absolute atomic E-state index is 12.5. The lowest BCUT2D eigenvalue weighted by Gasteiger charge is -2.31. The Bertz CT molecular complexity index is 824. The molecule has 2 aromatic carbocycles. The van der Waals surface area contributed by atoms with Gasteiger partial charge in [-0.3, -0.25) is 4.79 Å². The lowest BCUT2D eigenvalue weighted by Crippen LogP contribution is -2.27. The fourth-order valence-corrected chi connectivity index (χ4v) is 5.57. The summed E-state index contributed by atoms with van der Waals surface area (Å²) in [6.45, 7) is 0.589. The monoisotopic (exact) mass is 432 g/mol. The van der Waals surface area contributed by atoms with Gasteiger partial charge in [0, 0.05) is 28.3 Å². The Balaban J connectivity index is 1.63. The molecule has 1 unspecified atom stereocenters. The third-order valence-corrected chi connectivity index (χ3v) is 7.14.